The summed E-state index contributed by atoms with van der Waals surface area (Å²) in [5, 5.41) is 3.49. The zero-order valence-corrected chi connectivity index (χ0v) is 6.46. The van der Waals surface area contributed by atoms with Crippen molar-refractivity contribution in [1.29, 1.82) is 0 Å². The zero-order chi connectivity index (χ0) is 8.27. The second-order valence-electron chi connectivity index (χ2n) is 2.01. The highest BCUT2D eigenvalue weighted by atomic mass is 16.5. The fourth-order valence-corrected chi connectivity index (χ4v) is 0.795. The Bertz CT molecular complexity index is 254. The fraction of sp³-hybridized carbons (Fsp3) is 0.429. The van der Waals surface area contributed by atoms with Gasteiger partial charge in [0.2, 0.25) is 0 Å². The van der Waals surface area contributed by atoms with Gasteiger partial charge in [-0.1, -0.05) is 12.1 Å². The van der Waals surface area contributed by atoms with E-state index in [1.807, 2.05) is 6.92 Å². The van der Waals surface area contributed by atoms with Crippen LogP contribution in [-0.2, 0) is 11.2 Å². The lowest BCUT2D eigenvalue weighted by atomic mass is 10.2. The summed E-state index contributed by atoms with van der Waals surface area (Å²) >= 11 is 0. The van der Waals surface area contributed by atoms with Gasteiger partial charge in [0, 0.05) is 6.42 Å². The van der Waals surface area contributed by atoms with Crippen molar-refractivity contribution >= 4 is 5.97 Å². The van der Waals surface area contributed by atoms with Crippen molar-refractivity contribution in [3.8, 4) is 0 Å². The van der Waals surface area contributed by atoms with Gasteiger partial charge in [0.05, 0.1) is 13.3 Å². The van der Waals surface area contributed by atoms with E-state index < -0.39 is 5.97 Å². The third kappa shape index (κ3) is 1.39. The van der Waals surface area contributed by atoms with Gasteiger partial charge in [-0.25, -0.2) is 4.79 Å². The van der Waals surface area contributed by atoms with Gasteiger partial charge < -0.3 is 9.26 Å². The summed E-state index contributed by atoms with van der Waals surface area (Å²) < 4.78 is 9.28. The number of ether oxygens (including phenoxy) is 1. The summed E-state index contributed by atoms with van der Waals surface area (Å²) in [6.45, 7) is 1.88. The van der Waals surface area contributed by atoms with E-state index in [1.54, 1.807) is 0 Å². The summed E-state index contributed by atoms with van der Waals surface area (Å²) in [5.74, 6) is 0.167. The van der Waals surface area contributed by atoms with Gasteiger partial charge in [0.15, 0.2) is 5.76 Å². The summed E-state index contributed by atoms with van der Waals surface area (Å²) in [6.07, 6.45) is 2.01. The van der Waals surface area contributed by atoms with Crippen molar-refractivity contribution in [3.63, 3.8) is 0 Å². The van der Waals surface area contributed by atoms with E-state index in [0.717, 1.165) is 0 Å². The average Bonchev–Trinajstić information content (AvgIpc) is 2.50. The van der Waals surface area contributed by atoms with Crippen molar-refractivity contribution in [1.82, 2.24) is 5.16 Å². The molecule has 4 nitrogen and oxygen atoms in total. The molecule has 1 aromatic rings. The molecule has 1 aromatic heterocycles. The van der Waals surface area contributed by atoms with Gasteiger partial charge in [0.25, 0.3) is 0 Å². The number of hydrogen-bond acceptors (Lipinski definition) is 4. The van der Waals surface area contributed by atoms with Crippen LogP contribution in [0.3, 0.4) is 0 Å². The molecule has 0 fully saturated rings. The number of hydrogen-bond donors (Lipinski definition) is 0. The smallest absolute Gasteiger partial charge is 0.343 e. The van der Waals surface area contributed by atoms with Crippen molar-refractivity contribution in [3.05, 3.63) is 17.5 Å². The minimum absolute atomic E-state index is 0.400. The Hall–Kier alpha value is -1.32. The van der Waals surface area contributed by atoms with E-state index in [0.29, 0.717) is 17.7 Å². The van der Waals surface area contributed by atoms with Crippen molar-refractivity contribution in [2.75, 3.05) is 7.11 Å². The maximum absolute atomic E-state index is 10.9. The predicted octanol–water partition coefficient (Wildman–Crippen LogP) is 1.02. The Morgan fingerprint density at radius 1 is 1.82 bits per heavy atom. The van der Waals surface area contributed by atoms with Crippen molar-refractivity contribution in [2.24, 2.45) is 0 Å². The van der Waals surface area contributed by atoms with Gasteiger partial charge in [0.1, 0.15) is 5.56 Å². The first kappa shape index (κ1) is 7.78. The number of aryl methyl sites for hydroxylation is 1. The minimum Gasteiger partial charge on any atom is -0.465 e. The van der Waals surface area contributed by atoms with E-state index in [2.05, 4.69) is 9.89 Å². The molecule has 0 radical (unpaired) electrons. The second kappa shape index (κ2) is 3.18. The number of methoxy groups -OCH3 is 1. The maximum Gasteiger partial charge on any atom is 0.343 e. The molecule has 0 aliphatic carbocycles. The number of nitrogens with zero attached hydrogens (tertiary/aromatic N) is 1. The first-order valence-electron chi connectivity index (χ1n) is 3.31. The number of carbonyl (C=O) groups is 1. The van der Waals surface area contributed by atoms with Crippen LogP contribution < -0.4 is 0 Å². The SMILES string of the molecule is CCc1oncc1C(=O)OC. The molecule has 0 bridgehead atoms. The summed E-state index contributed by atoms with van der Waals surface area (Å²) in [4.78, 5) is 10.9. The van der Waals surface area contributed by atoms with E-state index in [4.69, 9.17) is 4.52 Å². The topological polar surface area (TPSA) is 52.3 Å². The van der Waals surface area contributed by atoms with Gasteiger partial charge in [-0.2, -0.15) is 0 Å². The monoisotopic (exact) mass is 155 g/mol. The highest BCUT2D eigenvalue weighted by Gasteiger charge is 2.14. The van der Waals surface area contributed by atoms with Crippen LogP contribution in [0.15, 0.2) is 10.7 Å². The Labute approximate surface area is 64.1 Å². The number of aromatic nitrogens is 1. The summed E-state index contributed by atoms with van der Waals surface area (Å²) in [5.41, 5.74) is 0.412. The standard InChI is InChI=1S/C7H9NO3/c1-3-6-5(4-8-11-6)7(9)10-2/h4H,3H2,1-2H3. The molecule has 11 heavy (non-hydrogen) atoms. The van der Waals surface area contributed by atoms with Gasteiger partial charge in [-0.05, 0) is 0 Å². The molecule has 0 aliphatic heterocycles. The van der Waals surface area contributed by atoms with Gasteiger partial charge in [-0.15, -0.1) is 0 Å². The lowest BCUT2D eigenvalue weighted by molar-refractivity contribution is 0.0598. The summed E-state index contributed by atoms with van der Waals surface area (Å²) in [6, 6.07) is 0. The molecule has 0 atom stereocenters. The van der Waals surface area contributed by atoms with E-state index in [1.165, 1.54) is 13.3 Å². The Morgan fingerprint density at radius 2 is 2.55 bits per heavy atom. The lowest BCUT2D eigenvalue weighted by Crippen LogP contribution is -2.01. The highest BCUT2D eigenvalue weighted by molar-refractivity contribution is 5.89. The third-order valence-corrected chi connectivity index (χ3v) is 1.37. The molecule has 0 amide bonds. The zero-order valence-electron chi connectivity index (χ0n) is 6.46. The maximum atomic E-state index is 10.9. The number of carbonyl (C=O) groups excluding carboxylic acids is 1. The lowest BCUT2D eigenvalue weighted by Gasteiger charge is -1.94. The number of rotatable bonds is 2. The van der Waals surface area contributed by atoms with Crippen LogP contribution in [-0.4, -0.2) is 18.2 Å². The first-order valence-corrected chi connectivity index (χ1v) is 3.31. The molecule has 0 saturated carbocycles. The first-order chi connectivity index (χ1) is 5.29. The van der Waals surface area contributed by atoms with Crippen LogP contribution in [0.25, 0.3) is 0 Å². The third-order valence-electron chi connectivity index (χ3n) is 1.37. The Morgan fingerprint density at radius 3 is 3.09 bits per heavy atom. The minimum atomic E-state index is -0.400. The number of esters is 1. The van der Waals surface area contributed by atoms with E-state index in [-0.39, 0.29) is 0 Å². The van der Waals surface area contributed by atoms with Crippen LogP contribution >= 0.6 is 0 Å². The van der Waals surface area contributed by atoms with Crippen LogP contribution in [0.5, 0.6) is 0 Å². The normalized spacial score (nSPS) is 9.64. The average molecular weight is 155 g/mol. The van der Waals surface area contributed by atoms with E-state index >= 15 is 0 Å². The molecular weight excluding hydrogens is 146 g/mol. The van der Waals surface area contributed by atoms with Crippen LogP contribution in [0.1, 0.15) is 23.0 Å². The highest BCUT2D eigenvalue weighted by Crippen LogP contribution is 2.08. The molecule has 0 unspecified atom stereocenters. The summed E-state index contributed by atoms with van der Waals surface area (Å²) in [7, 11) is 1.33. The van der Waals surface area contributed by atoms with Gasteiger partial charge in [-0.3, -0.25) is 0 Å². The molecule has 1 heterocycles. The van der Waals surface area contributed by atoms with Crippen LogP contribution in [0.2, 0.25) is 0 Å². The fourth-order valence-electron chi connectivity index (χ4n) is 0.795. The molecular formula is C7H9NO3. The van der Waals surface area contributed by atoms with Gasteiger partial charge >= 0.3 is 5.97 Å². The molecule has 1 rings (SSSR count). The second-order valence-corrected chi connectivity index (χ2v) is 2.01. The van der Waals surface area contributed by atoms with Crippen molar-refractivity contribution in [2.45, 2.75) is 13.3 Å². The quantitative estimate of drug-likeness (QED) is 0.598. The molecule has 4 heteroatoms. The predicted molar refractivity (Wildman–Crippen MR) is 37.2 cm³/mol. The Balaban J connectivity index is 2.92. The van der Waals surface area contributed by atoms with Crippen LogP contribution in [0, 0.1) is 0 Å². The largest absolute Gasteiger partial charge is 0.465 e. The van der Waals surface area contributed by atoms with Crippen LogP contribution in [0.4, 0.5) is 0 Å². The molecule has 0 aliphatic rings. The molecule has 0 spiro atoms. The molecule has 0 N–H and O–H groups in total. The van der Waals surface area contributed by atoms with Crippen molar-refractivity contribution < 1.29 is 14.1 Å². The Kier molecular flexibility index (Phi) is 2.25. The molecule has 0 aromatic carbocycles. The molecule has 0 saturated heterocycles. The molecule has 60 valence electrons. The van der Waals surface area contributed by atoms with E-state index in [9.17, 15) is 4.79 Å².